The summed E-state index contributed by atoms with van der Waals surface area (Å²) in [5.74, 6) is 0. The Morgan fingerprint density at radius 3 is 3.00 bits per heavy atom. The first-order chi connectivity index (χ1) is 8.43. The zero-order valence-corrected chi connectivity index (χ0v) is 10.2. The van der Waals surface area contributed by atoms with Crippen LogP contribution in [0.2, 0.25) is 0 Å². The van der Waals surface area contributed by atoms with Crippen LogP contribution in [-0.2, 0) is 6.42 Å². The van der Waals surface area contributed by atoms with Gasteiger partial charge in [-0.1, -0.05) is 24.6 Å². The zero-order valence-electron chi connectivity index (χ0n) is 10.2. The van der Waals surface area contributed by atoms with Crippen LogP contribution in [0.4, 0.5) is 0 Å². The first-order valence-electron chi connectivity index (χ1n) is 6.72. The van der Waals surface area contributed by atoms with Crippen LogP contribution in [0.15, 0.2) is 30.5 Å². The van der Waals surface area contributed by atoms with E-state index >= 15 is 0 Å². The predicted octanol–water partition coefficient (Wildman–Crippen LogP) is 3.24. The molecule has 0 bridgehead atoms. The molecule has 1 aromatic carbocycles. The third-order valence-electron chi connectivity index (χ3n) is 3.85. The molecule has 0 aliphatic carbocycles. The molecule has 2 nitrogen and oxygen atoms in total. The highest BCUT2D eigenvalue weighted by Gasteiger charge is 2.13. The molecule has 2 heterocycles. The standard InChI is InChI=1S/C15H20N2/c1-2-7-15-14(6-1)12(11-17-15)8-9-13-5-3-4-10-16-13/h1-2,6-7,11,13,16-17H,3-5,8-10H2/t13-/m0/s1. The summed E-state index contributed by atoms with van der Waals surface area (Å²) in [6.07, 6.45) is 8.72. The summed E-state index contributed by atoms with van der Waals surface area (Å²) in [6, 6.07) is 9.31. The molecule has 1 atom stereocenters. The summed E-state index contributed by atoms with van der Waals surface area (Å²) in [6.45, 7) is 1.21. The van der Waals surface area contributed by atoms with Gasteiger partial charge in [0, 0.05) is 23.1 Å². The molecule has 1 aliphatic rings. The Balaban J connectivity index is 1.68. The van der Waals surface area contributed by atoms with Gasteiger partial charge in [-0.3, -0.25) is 0 Å². The van der Waals surface area contributed by atoms with Crippen LogP contribution in [0, 0.1) is 0 Å². The quantitative estimate of drug-likeness (QED) is 0.829. The lowest BCUT2D eigenvalue weighted by Crippen LogP contribution is -2.34. The van der Waals surface area contributed by atoms with Crippen LogP contribution in [0.5, 0.6) is 0 Å². The van der Waals surface area contributed by atoms with Gasteiger partial charge < -0.3 is 10.3 Å². The maximum Gasteiger partial charge on any atom is 0.0456 e. The molecule has 0 spiro atoms. The Morgan fingerprint density at radius 1 is 1.18 bits per heavy atom. The van der Waals surface area contributed by atoms with Crippen LogP contribution < -0.4 is 5.32 Å². The molecule has 90 valence electrons. The van der Waals surface area contributed by atoms with E-state index in [2.05, 4.69) is 40.8 Å². The molecule has 1 saturated heterocycles. The number of nitrogens with one attached hydrogen (secondary N) is 2. The third kappa shape index (κ3) is 2.37. The average Bonchev–Trinajstić information content (AvgIpc) is 2.81. The molecule has 1 aromatic heterocycles. The molecular weight excluding hydrogens is 208 g/mol. The number of rotatable bonds is 3. The van der Waals surface area contributed by atoms with Gasteiger partial charge in [0.25, 0.3) is 0 Å². The van der Waals surface area contributed by atoms with Crippen molar-refractivity contribution in [2.24, 2.45) is 0 Å². The topological polar surface area (TPSA) is 27.8 Å². The number of piperidine rings is 1. The van der Waals surface area contributed by atoms with E-state index in [-0.39, 0.29) is 0 Å². The van der Waals surface area contributed by atoms with Crippen molar-refractivity contribution in [3.05, 3.63) is 36.0 Å². The van der Waals surface area contributed by atoms with Gasteiger partial charge in [0.1, 0.15) is 0 Å². The second-order valence-electron chi connectivity index (χ2n) is 5.05. The van der Waals surface area contributed by atoms with E-state index in [9.17, 15) is 0 Å². The lowest BCUT2D eigenvalue weighted by molar-refractivity contribution is 0.383. The fraction of sp³-hybridized carbons (Fsp3) is 0.467. The Bertz CT molecular complexity index is 480. The Kier molecular flexibility index (Phi) is 3.14. The summed E-state index contributed by atoms with van der Waals surface area (Å²) < 4.78 is 0. The maximum absolute atomic E-state index is 3.62. The van der Waals surface area contributed by atoms with E-state index in [0.717, 1.165) is 6.04 Å². The number of hydrogen-bond donors (Lipinski definition) is 2. The summed E-state index contributed by atoms with van der Waals surface area (Å²) in [5.41, 5.74) is 2.73. The minimum absolute atomic E-state index is 0.734. The van der Waals surface area contributed by atoms with Crippen molar-refractivity contribution in [3.63, 3.8) is 0 Å². The molecule has 0 amide bonds. The normalized spacial score (nSPS) is 20.8. The van der Waals surface area contributed by atoms with Crippen molar-refractivity contribution in [3.8, 4) is 0 Å². The lowest BCUT2D eigenvalue weighted by Gasteiger charge is -2.23. The van der Waals surface area contributed by atoms with E-state index in [1.807, 2.05) is 0 Å². The smallest absolute Gasteiger partial charge is 0.0456 e. The van der Waals surface area contributed by atoms with Crippen molar-refractivity contribution in [1.29, 1.82) is 0 Å². The molecule has 0 saturated carbocycles. The number of para-hydroxylation sites is 1. The molecule has 2 N–H and O–H groups in total. The first-order valence-corrected chi connectivity index (χ1v) is 6.72. The van der Waals surface area contributed by atoms with Crippen LogP contribution >= 0.6 is 0 Å². The van der Waals surface area contributed by atoms with Crippen molar-refractivity contribution < 1.29 is 0 Å². The molecule has 1 fully saturated rings. The fourth-order valence-corrected chi connectivity index (χ4v) is 2.84. The van der Waals surface area contributed by atoms with Crippen molar-refractivity contribution in [2.45, 2.75) is 38.1 Å². The lowest BCUT2D eigenvalue weighted by atomic mass is 9.98. The molecule has 0 unspecified atom stereocenters. The fourth-order valence-electron chi connectivity index (χ4n) is 2.84. The van der Waals surface area contributed by atoms with Gasteiger partial charge in [-0.2, -0.15) is 0 Å². The van der Waals surface area contributed by atoms with Gasteiger partial charge in [0.15, 0.2) is 0 Å². The second kappa shape index (κ2) is 4.92. The number of aromatic nitrogens is 1. The summed E-state index contributed by atoms with van der Waals surface area (Å²) in [4.78, 5) is 3.36. The highest BCUT2D eigenvalue weighted by Crippen LogP contribution is 2.20. The largest absolute Gasteiger partial charge is 0.361 e. The number of H-pyrrole nitrogens is 1. The van der Waals surface area contributed by atoms with E-state index in [1.54, 1.807) is 0 Å². The predicted molar refractivity (Wildman–Crippen MR) is 72.3 cm³/mol. The SMILES string of the molecule is c1ccc2c(CC[C@@H]3CCCCN3)c[nH]c2c1. The van der Waals surface area contributed by atoms with Gasteiger partial charge in [-0.05, 0) is 43.9 Å². The average molecular weight is 228 g/mol. The maximum atomic E-state index is 3.62. The number of fused-ring (bicyclic) bond motifs is 1. The summed E-state index contributed by atoms with van der Waals surface area (Å²) >= 11 is 0. The van der Waals surface area contributed by atoms with Crippen LogP contribution in [0.25, 0.3) is 10.9 Å². The van der Waals surface area contributed by atoms with Gasteiger partial charge in [-0.25, -0.2) is 0 Å². The molecule has 2 aromatic rings. The van der Waals surface area contributed by atoms with Gasteiger partial charge in [0.05, 0.1) is 0 Å². The van der Waals surface area contributed by atoms with Crippen LogP contribution in [-0.4, -0.2) is 17.6 Å². The number of aromatic amines is 1. The molecular formula is C15H20N2. The molecule has 2 heteroatoms. The van der Waals surface area contributed by atoms with Crippen molar-refractivity contribution in [1.82, 2.24) is 10.3 Å². The summed E-state index contributed by atoms with van der Waals surface area (Å²) in [5, 5.41) is 5.01. The monoisotopic (exact) mass is 228 g/mol. The Morgan fingerprint density at radius 2 is 2.12 bits per heavy atom. The van der Waals surface area contributed by atoms with E-state index in [1.165, 1.54) is 55.1 Å². The second-order valence-corrected chi connectivity index (χ2v) is 5.05. The number of aryl methyl sites for hydroxylation is 1. The van der Waals surface area contributed by atoms with Gasteiger partial charge in [0.2, 0.25) is 0 Å². The minimum atomic E-state index is 0.734. The minimum Gasteiger partial charge on any atom is -0.361 e. The zero-order chi connectivity index (χ0) is 11.5. The number of hydrogen-bond acceptors (Lipinski definition) is 1. The van der Waals surface area contributed by atoms with E-state index in [0.29, 0.717) is 0 Å². The molecule has 0 radical (unpaired) electrons. The summed E-state index contributed by atoms with van der Waals surface area (Å²) in [7, 11) is 0. The molecule has 1 aliphatic heterocycles. The van der Waals surface area contributed by atoms with Crippen LogP contribution in [0.1, 0.15) is 31.2 Å². The van der Waals surface area contributed by atoms with E-state index in [4.69, 9.17) is 0 Å². The Labute approximate surface area is 102 Å². The van der Waals surface area contributed by atoms with Gasteiger partial charge >= 0.3 is 0 Å². The van der Waals surface area contributed by atoms with Crippen molar-refractivity contribution >= 4 is 10.9 Å². The van der Waals surface area contributed by atoms with Gasteiger partial charge in [-0.15, -0.1) is 0 Å². The molecule has 17 heavy (non-hydrogen) atoms. The van der Waals surface area contributed by atoms with E-state index < -0.39 is 0 Å². The number of benzene rings is 1. The van der Waals surface area contributed by atoms with Crippen LogP contribution in [0.3, 0.4) is 0 Å². The highest BCUT2D eigenvalue weighted by molar-refractivity contribution is 5.82. The molecule has 3 rings (SSSR count). The first kappa shape index (κ1) is 10.8. The Hall–Kier alpha value is -1.28. The third-order valence-corrected chi connectivity index (χ3v) is 3.85. The highest BCUT2D eigenvalue weighted by atomic mass is 14.9. The van der Waals surface area contributed by atoms with Crippen molar-refractivity contribution in [2.75, 3.05) is 6.54 Å².